The summed E-state index contributed by atoms with van der Waals surface area (Å²) in [6.07, 6.45) is 2.93. The van der Waals surface area contributed by atoms with Crippen molar-refractivity contribution < 1.29 is 35.9 Å². The number of sulfone groups is 2. The molecule has 3 heterocycles. The maximum absolute atomic E-state index is 14.0. The summed E-state index contributed by atoms with van der Waals surface area (Å²) >= 11 is 0. The van der Waals surface area contributed by atoms with E-state index in [1.54, 1.807) is 60.0 Å². The van der Waals surface area contributed by atoms with E-state index < -0.39 is 31.5 Å². The largest absolute Gasteiger partial charge is 0.480 e. The highest BCUT2D eigenvalue weighted by Crippen LogP contribution is 2.39. The number of aromatic nitrogens is 1. The molecule has 0 radical (unpaired) electrons. The van der Waals surface area contributed by atoms with E-state index in [-0.39, 0.29) is 33.6 Å². The van der Waals surface area contributed by atoms with Crippen LogP contribution in [0.2, 0.25) is 0 Å². The first kappa shape index (κ1) is 29.4. The summed E-state index contributed by atoms with van der Waals surface area (Å²) in [5, 5.41) is 9.88. The summed E-state index contributed by atoms with van der Waals surface area (Å²) < 4.78 is 64.3. The Bertz CT molecular complexity index is 1990. The fraction of sp³-hybridized carbons (Fsp3) is 0.226. The highest BCUT2D eigenvalue weighted by molar-refractivity contribution is 7.91. The van der Waals surface area contributed by atoms with Gasteiger partial charge >= 0.3 is 5.97 Å². The molecule has 0 saturated heterocycles. The minimum absolute atomic E-state index is 0.00527. The molecule has 0 fully saturated rings. The number of hydrogen-bond donors (Lipinski definition) is 1. The van der Waals surface area contributed by atoms with Gasteiger partial charge in [-0.3, -0.25) is 9.59 Å². The Hall–Kier alpha value is -4.09. The minimum atomic E-state index is -3.43. The lowest BCUT2D eigenvalue weighted by Gasteiger charge is -2.12. The van der Waals surface area contributed by atoms with Gasteiger partial charge in [0.2, 0.25) is 0 Å². The Kier molecular flexibility index (Phi) is 7.91. The summed E-state index contributed by atoms with van der Waals surface area (Å²) in [6.45, 7) is 1.51. The number of Topliss-reactive ketones (excluding diaryl/α,β-unsaturated/α-hetero) is 1. The van der Waals surface area contributed by atoms with Gasteiger partial charge in [0.1, 0.15) is 12.4 Å². The number of allylic oxidation sites excluding steroid dienone is 1. The summed E-state index contributed by atoms with van der Waals surface area (Å²) in [6, 6.07) is 17.4. The first-order valence-electron chi connectivity index (χ1n) is 13.3. The molecule has 0 saturated carbocycles. The third-order valence-corrected chi connectivity index (χ3v) is 11.1. The standard InChI is InChI=1S/C21H18FNO4S.C10H10O3S/c1-13-21(17-11-14(22)8-9-18(17)23(13)12-20(24)25)16-6-4-10-28(26,27)19-7-3-2-5-15(16)19;11-9-5-3-7-14(12,13)10-6-2-1-4-8(9)10/h2-3,5-9,11H,4,10,12H2,1H3,(H,24,25);1-2,4,6H,3,5,7H2. The van der Waals surface area contributed by atoms with Crippen LogP contribution in [0.15, 0.2) is 82.6 Å². The van der Waals surface area contributed by atoms with Gasteiger partial charge < -0.3 is 9.67 Å². The van der Waals surface area contributed by atoms with Crippen LogP contribution in [-0.4, -0.2) is 49.8 Å². The molecular weight excluding hydrogens is 581 g/mol. The molecular formula is C31H28FNO7S2. The molecule has 2 aliphatic heterocycles. The lowest BCUT2D eigenvalue weighted by molar-refractivity contribution is -0.137. The quantitative estimate of drug-likeness (QED) is 0.337. The first-order valence-corrected chi connectivity index (χ1v) is 16.6. The SMILES string of the molecule is Cc1c(C2=CCCS(=O)(=O)c3ccccc32)c2cc(F)ccc2n1CC(=O)O.O=C1CCCS(=O)(=O)c2ccccc21. The number of carbonyl (C=O) groups is 2. The van der Waals surface area contributed by atoms with Crippen molar-refractivity contribution in [1.29, 1.82) is 0 Å². The first-order chi connectivity index (χ1) is 19.9. The van der Waals surface area contributed by atoms with E-state index in [1.807, 2.05) is 6.08 Å². The smallest absolute Gasteiger partial charge is 0.323 e. The van der Waals surface area contributed by atoms with E-state index in [0.29, 0.717) is 58.1 Å². The molecule has 2 aliphatic rings. The van der Waals surface area contributed by atoms with Crippen LogP contribution in [0.25, 0.3) is 16.5 Å². The topological polar surface area (TPSA) is 128 Å². The van der Waals surface area contributed by atoms with Gasteiger partial charge in [0.05, 0.1) is 21.3 Å². The predicted molar refractivity (Wildman–Crippen MR) is 157 cm³/mol. The number of aliphatic carboxylic acids is 1. The zero-order chi connectivity index (χ0) is 30.2. The number of carboxylic acids is 1. The van der Waals surface area contributed by atoms with Crippen LogP contribution in [0.1, 0.15) is 46.4 Å². The summed E-state index contributed by atoms with van der Waals surface area (Å²) in [5.74, 6) is -1.43. The van der Waals surface area contributed by atoms with Crippen LogP contribution in [0.3, 0.4) is 0 Å². The van der Waals surface area contributed by atoms with Gasteiger partial charge in [0, 0.05) is 39.7 Å². The Morgan fingerprint density at radius 1 is 0.905 bits per heavy atom. The summed E-state index contributed by atoms with van der Waals surface area (Å²) in [5.41, 5.74) is 3.52. The van der Waals surface area contributed by atoms with Crippen LogP contribution in [0.4, 0.5) is 4.39 Å². The lowest BCUT2D eigenvalue weighted by Crippen LogP contribution is -2.10. The Balaban J connectivity index is 0.000000211. The highest BCUT2D eigenvalue weighted by Gasteiger charge is 2.28. The van der Waals surface area contributed by atoms with Crippen molar-refractivity contribution in [2.24, 2.45) is 0 Å². The molecule has 8 nitrogen and oxygen atoms in total. The van der Waals surface area contributed by atoms with E-state index in [9.17, 15) is 35.9 Å². The monoisotopic (exact) mass is 609 g/mol. The van der Waals surface area contributed by atoms with Crippen LogP contribution < -0.4 is 0 Å². The number of halogens is 1. The number of carboxylic acid groups (broad SMARTS) is 1. The van der Waals surface area contributed by atoms with Crippen LogP contribution >= 0.6 is 0 Å². The van der Waals surface area contributed by atoms with E-state index >= 15 is 0 Å². The number of fused-ring (bicyclic) bond motifs is 3. The maximum Gasteiger partial charge on any atom is 0.323 e. The van der Waals surface area contributed by atoms with Gasteiger partial charge in [0.25, 0.3) is 0 Å². The van der Waals surface area contributed by atoms with Crippen molar-refractivity contribution in [3.05, 3.63) is 101 Å². The summed E-state index contributed by atoms with van der Waals surface area (Å²) in [4.78, 5) is 23.3. The highest BCUT2D eigenvalue weighted by atomic mass is 32.2. The molecule has 0 atom stereocenters. The van der Waals surface area contributed by atoms with Crippen LogP contribution in [0.5, 0.6) is 0 Å². The average molecular weight is 610 g/mol. The third kappa shape index (κ3) is 5.54. The molecule has 3 aromatic carbocycles. The van der Waals surface area contributed by atoms with E-state index in [1.165, 1.54) is 18.2 Å². The van der Waals surface area contributed by atoms with Gasteiger partial charge in [-0.25, -0.2) is 21.2 Å². The number of nitrogens with zero attached hydrogens (tertiary/aromatic N) is 1. The van der Waals surface area contributed by atoms with E-state index in [0.717, 1.165) is 0 Å². The minimum Gasteiger partial charge on any atom is -0.480 e. The molecule has 1 aromatic heterocycles. The Morgan fingerprint density at radius 2 is 1.52 bits per heavy atom. The fourth-order valence-electron chi connectivity index (χ4n) is 5.54. The third-order valence-electron chi connectivity index (χ3n) is 7.43. The Morgan fingerprint density at radius 3 is 2.21 bits per heavy atom. The van der Waals surface area contributed by atoms with Crippen molar-refractivity contribution in [2.45, 2.75) is 42.5 Å². The number of rotatable bonds is 3. The van der Waals surface area contributed by atoms with Gasteiger partial charge in [0.15, 0.2) is 25.5 Å². The zero-order valence-electron chi connectivity index (χ0n) is 22.7. The Labute approximate surface area is 242 Å². The van der Waals surface area contributed by atoms with Gasteiger partial charge in [-0.2, -0.15) is 0 Å². The van der Waals surface area contributed by atoms with Crippen molar-refractivity contribution in [3.63, 3.8) is 0 Å². The molecule has 218 valence electrons. The molecule has 0 spiro atoms. The van der Waals surface area contributed by atoms with Gasteiger partial charge in [-0.05, 0) is 55.7 Å². The molecule has 0 aliphatic carbocycles. The number of carbonyl (C=O) groups excluding carboxylic acids is 1. The molecule has 4 aromatic rings. The number of hydrogen-bond acceptors (Lipinski definition) is 6. The fourth-order valence-corrected chi connectivity index (χ4v) is 8.54. The lowest BCUT2D eigenvalue weighted by atomic mass is 9.94. The van der Waals surface area contributed by atoms with E-state index in [2.05, 4.69) is 0 Å². The van der Waals surface area contributed by atoms with Crippen LogP contribution in [0, 0.1) is 12.7 Å². The molecule has 0 bridgehead atoms. The second-order valence-corrected chi connectivity index (χ2v) is 14.3. The van der Waals surface area contributed by atoms with Crippen molar-refractivity contribution >= 4 is 47.9 Å². The molecule has 42 heavy (non-hydrogen) atoms. The van der Waals surface area contributed by atoms with Gasteiger partial charge in [-0.1, -0.05) is 42.5 Å². The van der Waals surface area contributed by atoms with Crippen molar-refractivity contribution in [3.8, 4) is 0 Å². The summed E-state index contributed by atoms with van der Waals surface area (Å²) in [7, 11) is -6.67. The predicted octanol–water partition coefficient (Wildman–Crippen LogP) is 5.22. The molecule has 0 amide bonds. The maximum atomic E-state index is 14.0. The van der Waals surface area contributed by atoms with Gasteiger partial charge in [-0.15, -0.1) is 0 Å². The second-order valence-electron chi connectivity index (χ2n) is 10.2. The molecule has 6 rings (SSSR count). The average Bonchev–Trinajstić information content (AvgIpc) is 3.04. The zero-order valence-corrected chi connectivity index (χ0v) is 24.3. The number of benzene rings is 3. The molecule has 1 N–H and O–H groups in total. The molecule has 0 unspecified atom stereocenters. The normalized spacial score (nSPS) is 17.1. The molecule has 11 heteroatoms. The van der Waals surface area contributed by atoms with Crippen LogP contribution in [-0.2, 0) is 31.0 Å². The second kappa shape index (κ2) is 11.3. The van der Waals surface area contributed by atoms with Crippen molar-refractivity contribution in [1.82, 2.24) is 4.57 Å². The number of ketones is 1. The van der Waals surface area contributed by atoms with Crippen molar-refractivity contribution in [2.75, 3.05) is 11.5 Å². The van der Waals surface area contributed by atoms with E-state index in [4.69, 9.17) is 0 Å².